The first-order valence-electron chi connectivity index (χ1n) is 10.0. The van der Waals surface area contributed by atoms with E-state index >= 15 is 0 Å². The Morgan fingerprint density at radius 3 is 2.40 bits per heavy atom. The number of nitrogens with zero attached hydrogens (tertiary/aromatic N) is 3. The van der Waals surface area contributed by atoms with Crippen LogP contribution in [0.1, 0.15) is 41.0 Å². The molecule has 6 heteroatoms. The highest BCUT2D eigenvalue weighted by Crippen LogP contribution is 2.13. The van der Waals surface area contributed by atoms with Crippen molar-refractivity contribution in [2.24, 2.45) is 10.9 Å². The third-order valence-corrected chi connectivity index (χ3v) is 5.17. The van der Waals surface area contributed by atoms with Gasteiger partial charge in [-0.3, -0.25) is 9.89 Å². The molecule has 2 atom stereocenters. The zero-order chi connectivity index (χ0) is 18.7. The number of hydrogen-bond donors (Lipinski definition) is 2. The maximum atomic E-state index is 5.49. The number of rotatable bonds is 10. The minimum absolute atomic E-state index is 0.474. The van der Waals surface area contributed by atoms with Crippen molar-refractivity contribution in [1.29, 1.82) is 0 Å². The van der Waals surface area contributed by atoms with Gasteiger partial charge in [-0.25, -0.2) is 0 Å². The molecule has 1 aliphatic heterocycles. The van der Waals surface area contributed by atoms with Crippen LogP contribution in [0.15, 0.2) is 4.99 Å². The van der Waals surface area contributed by atoms with E-state index in [9.17, 15) is 0 Å². The lowest BCUT2D eigenvalue weighted by molar-refractivity contribution is 0.00867. The molecule has 1 heterocycles. The summed E-state index contributed by atoms with van der Waals surface area (Å²) in [5.74, 6) is 1.51. The summed E-state index contributed by atoms with van der Waals surface area (Å²) >= 11 is 0. The third-order valence-electron chi connectivity index (χ3n) is 5.17. The highest BCUT2D eigenvalue weighted by Gasteiger charge is 2.23. The summed E-state index contributed by atoms with van der Waals surface area (Å²) in [5.41, 5.74) is 0. The Bertz CT molecular complexity index is 369. The second-order valence-electron chi connectivity index (χ2n) is 7.34. The summed E-state index contributed by atoms with van der Waals surface area (Å²) in [4.78, 5) is 9.78. The summed E-state index contributed by atoms with van der Waals surface area (Å²) in [6, 6.07) is 1.09. The average Bonchev–Trinajstić information content (AvgIpc) is 2.61. The standard InChI is InChI=1S/C19H41N5O/c1-7-17(5)23(6)10-9-21-19(20-8-2)22-15-18(16(3)4)24-11-13-25-14-12-24/h16-18H,7-15H2,1-6H3,(H2,20,21,22). The molecule has 0 amide bonds. The second-order valence-corrected chi connectivity index (χ2v) is 7.34. The largest absolute Gasteiger partial charge is 0.379 e. The fourth-order valence-electron chi connectivity index (χ4n) is 3.07. The smallest absolute Gasteiger partial charge is 0.191 e. The summed E-state index contributed by atoms with van der Waals surface area (Å²) in [6.07, 6.45) is 1.18. The van der Waals surface area contributed by atoms with Crippen LogP contribution in [0.25, 0.3) is 0 Å². The maximum Gasteiger partial charge on any atom is 0.191 e. The van der Waals surface area contributed by atoms with Crippen LogP contribution in [0.2, 0.25) is 0 Å². The molecule has 2 N–H and O–H groups in total. The molecule has 2 unspecified atom stereocenters. The Balaban J connectivity index is 2.53. The Kier molecular flexibility index (Phi) is 11.1. The molecule has 0 spiro atoms. The van der Waals surface area contributed by atoms with Crippen LogP contribution in [0.3, 0.4) is 0 Å². The van der Waals surface area contributed by atoms with Crippen molar-refractivity contribution in [3.63, 3.8) is 0 Å². The fraction of sp³-hybridized carbons (Fsp3) is 0.947. The Labute approximate surface area is 155 Å². The lowest BCUT2D eigenvalue weighted by atomic mass is 10.0. The molecule has 25 heavy (non-hydrogen) atoms. The van der Waals surface area contributed by atoms with Crippen molar-refractivity contribution in [1.82, 2.24) is 20.4 Å². The zero-order valence-corrected chi connectivity index (χ0v) is 17.3. The molecule has 1 aliphatic rings. The van der Waals surface area contributed by atoms with Crippen LogP contribution in [-0.2, 0) is 4.74 Å². The molecule has 0 radical (unpaired) electrons. The van der Waals surface area contributed by atoms with Gasteiger partial charge in [0.05, 0.1) is 19.8 Å². The van der Waals surface area contributed by atoms with Gasteiger partial charge in [0.25, 0.3) is 0 Å². The van der Waals surface area contributed by atoms with Crippen LogP contribution in [0.4, 0.5) is 0 Å². The molecule has 1 saturated heterocycles. The number of nitrogens with one attached hydrogen (secondary N) is 2. The van der Waals surface area contributed by atoms with E-state index in [-0.39, 0.29) is 0 Å². The van der Waals surface area contributed by atoms with Gasteiger partial charge in [-0.1, -0.05) is 20.8 Å². The van der Waals surface area contributed by atoms with Crippen LogP contribution in [-0.4, -0.2) is 87.4 Å². The van der Waals surface area contributed by atoms with Crippen LogP contribution >= 0.6 is 0 Å². The monoisotopic (exact) mass is 355 g/mol. The Morgan fingerprint density at radius 2 is 1.84 bits per heavy atom. The van der Waals surface area contributed by atoms with Crippen molar-refractivity contribution in [2.45, 2.75) is 53.1 Å². The second kappa shape index (κ2) is 12.5. The minimum atomic E-state index is 0.474. The van der Waals surface area contributed by atoms with Crippen molar-refractivity contribution in [3.8, 4) is 0 Å². The molecular formula is C19H41N5O. The summed E-state index contributed by atoms with van der Waals surface area (Å²) in [5, 5.41) is 6.86. The lowest BCUT2D eigenvalue weighted by Gasteiger charge is -2.36. The van der Waals surface area contributed by atoms with E-state index in [1.165, 1.54) is 6.42 Å². The molecule has 1 fully saturated rings. The molecule has 0 aromatic rings. The normalized spacial score (nSPS) is 19.3. The zero-order valence-electron chi connectivity index (χ0n) is 17.3. The van der Waals surface area contributed by atoms with Gasteiger partial charge in [0.2, 0.25) is 0 Å². The SMILES string of the molecule is CCNC(=NCC(C(C)C)N1CCOCC1)NCCN(C)C(C)CC. The van der Waals surface area contributed by atoms with Crippen LogP contribution in [0.5, 0.6) is 0 Å². The highest BCUT2D eigenvalue weighted by atomic mass is 16.5. The first kappa shape index (κ1) is 22.2. The molecule has 6 nitrogen and oxygen atoms in total. The molecule has 0 aliphatic carbocycles. The van der Waals surface area contributed by atoms with E-state index < -0.39 is 0 Å². The first-order chi connectivity index (χ1) is 12.0. The fourth-order valence-corrected chi connectivity index (χ4v) is 3.07. The van der Waals surface area contributed by atoms with Gasteiger partial charge >= 0.3 is 0 Å². The van der Waals surface area contributed by atoms with Crippen molar-refractivity contribution >= 4 is 5.96 Å². The number of likely N-dealkylation sites (N-methyl/N-ethyl adjacent to an activating group) is 1. The van der Waals surface area contributed by atoms with Gasteiger partial charge in [0.15, 0.2) is 5.96 Å². The Morgan fingerprint density at radius 1 is 1.16 bits per heavy atom. The molecule has 1 rings (SSSR count). The molecule has 0 bridgehead atoms. The predicted molar refractivity (Wildman–Crippen MR) is 107 cm³/mol. The number of ether oxygens (including phenoxy) is 1. The summed E-state index contributed by atoms with van der Waals surface area (Å²) < 4.78 is 5.49. The summed E-state index contributed by atoms with van der Waals surface area (Å²) in [7, 11) is 2.19. The van der Waals surface area contributed by atoms with Crippen molar-refractivity contribution in [3.05, 3.63) is 0 Å². The van der Waals surface area contributed by atoms with Gasteiger partial charge in [-0.05, 0) is 33.2 Å². The van der Waals surface area contributed by atoms with Gasteiger partial charge in [-0.2, -0.15) is 0 Å². The highest BCUT2D eigenvalue weighted by molar-refractivity contribution is 5.79. The van der Waals surface area contributed by atoms with E-state index in [1.807, 2.05) is 0 Å². The molecule has 0 aromatic carbocycles. The van der Waals surface area contributed by atoms with Crippen LogP contribution in [0, 0.1) is 5.92 Å². The molecule has 148 valence electrons. The molecule has 0 saturated carbocycles. The maximum absolute atomic E-state index is 5.49. The van der Waals surface area contributed by atoms with Gasteiger partial charge in [-0.15, -0.1) is 0 Å². The minimum Gasteiger partial charge on any atom is -0.379 e. The number of aliphatic imine (C=N–C) groups is 1. The van der Waals surface area contributed by atoms with Gasteiger partial charge < -0.3 is 20.3 Å². The van der Waals surface area contributed by atoms with Gasteiger partial charge in [0, 0.05) is 44.8 Å². The lowest BCUT2D eigenvalue weighted by Crippen LogP contribution is -2.48. The molecular weight excluding hydrogens is 314 g/mol. The number of morpholine rings is 1. The van der Waals surface area contributed by atoms with E-state index in [2.05, 4.69) is 62.1 Å². The number of guanidine groups is 1. The number of hydrogen-bond acceptors (Lipinski definition) is 4. The van der Waals surface area contributed by atoms with Crippen LogP contribution < -0.4 is 10.6 Å². The van der Waals surface area contributed by atoms with E-state index in [0.717, 1.165) is 58.4 Å². The van der Waals surface area contributed by atoms with Gasteiger partial charge in [0.1, 0.15) is 0 Å². The van der Waals surface area contributed by atoms with E-state index in [4.69, 9.17) is 9.73 Å². The van der Waals surface area contributed by atoms with E-state index in [1.54, 1.807) is 0 Å². The Hall–Kier alpha value is -0.850. The first-order valence-corrected chi connectivity index (χ1v) is 10.0. The van der Waals surface area contributed by atoms with E-state index in [0.29, 0.717) is 18.0 Å². The molecule has 0 aromatic heterocycles. The topological polar surface area (TPSA) is 52.1 Å². The third kappa shape index (κ3) is 8.38. The predicted octanol–water partition coefficient (Wildman–Crippen LogP) is 1.63. The van der Waals surface area contributed by atoms with Crippen molar-refractivity contribution < 1.29 is 4.74 Å². The average molecular weight is 356 g/mol. The summed E-state index contributed by atoms with van der Waals surface area (Å²) in [6.45, 7) is 18.6. The quantitative estimate of drug-likeness (QED) is 0.461. The van der Waals surface area contributed by atoms with Crippen molar-refractivity contribution in [2.75, 3.05) is 59.5 Å².